The normalized spacial score (nSPS) is 24.7. The van der Waals surface area contributed by atoms with E-state index in [-0.39, 0.29) is 30.8 Å². The van der Waals surface area contributed by atoms with Gasteiger partial charge in [0.1, 0.15) is 0 Å². The van der Waals surface area contributed by atoms with E-state index in [0.717, 1.165) is 0 Å². The standard InChI is InChI=1S/C19H18N4O3/c1-19-11-23(18(26)12-5-4-8-20-9-12)10-14(19)17(25)21-15-7-3-2-6-13(15)16(24)22-19/h2-9,14H,10-11H2,1H3,(H,21,25)(H,22,24)/t14-,19-/m0/s1. The number of hydrogen-bond donors (Lipinski definition) is 2. The van der Waals surface area contributed by atoms with Crippen molar-refractivity contribution in [1.82, 2.24) is 15.2 Å². The zero-order chi connectivity index (χ0) is 18.3. The molecule has 1 aromatic carbocycles. The molecule has 2 aliphatic heterocycles. The van der Waals surface area contributed by atoms with Gasteiger partial charge >= 0.3 is 0 Å². The second kappa shape index (κ2) is 5.94. The Morgan fingerprint density at radius 3 is 2.81 bits per heavy atom. The van der Waals surface area contributed by atoms with Gasteiger partial charge in [0.15, 0.2) is 0 Å². The fourth-order valence-electron chi connectivity index (χ4n) is 3.66. The highest BCUT2D eigenvalue weighted by atomic mass is 16.2. The number of fused-ring (bicyclic) bond motifs is 2. The van der Waals surface area contributed by atoms with Crippen molar-refractivity contribution in [3.8, 4) is 0 Å². The molecule has 0 unspecified atom stereocenters. The van der Waals surface area contributed by atoms with Crippen LogP contribution in [-0.4, -0.2) is 46.2 Å². The Morgan fingerprint density at radius 2 is 2.04 bits per heavy atom. The predicted molar refractivity (Wildman–Crippen MR) is 94.6 cm³/mol. The molecule has 132 valence electrons. The molecule has 2 N–H and O–H groups in total. The smallest absolute Gasteiger partial charge is 0.255 e. The molecule has 2 aromatic rings. The van der Waals surface area contributed by atoms with E-state index in [1.165, 1.54) is 6.20 Å². The number of anilines is 1. The summed E-state index contributed by atoms with van der Waals surface area (Å²) in [6, 6.07) is 10.3. The molecule has 3 heterocycles. The van der Waals surface area contributed by atoms with Gasteiger partial charge in [-0.05, 0) is 31.2 Å². The minimum absolute atomic E-state index is 0.203. The van der Waals surface area contributed by atoms with Crippen LogP contribution in [0.2, 0.25) is 0 Å². The summed E-state index contributed by atoms with van der Waals surface area (Å²) in [5.41, 5.74) is 0.513. The van der Waals surface area contributed by atoms with Gasteiger partial charge in [0, 0.05) is 25.5 Å². The summed E-state index contributed by atoms with van der Waals surface area (Å²) in [7, 11) is 0. The Hall–Kier alpha value is -3.22. The Balaban J connectivity index is 1.66. The highest BCUT2D eigenvalue weighted by Gasteiger charge is 2.50. The molecule has 7 nitrogen and oxygen atoms in total. The second-order valence-corrected chi connectivity index (χ2v) is 6.89. The van der Waals surface area contributed by atoms with Gasteiger partial charge in [-0.15, -0.1) is 0 Å². The first-order valence-corrected chi connectivity index (χ1v) is 8.40. The van der Waals surface area contributed by atoms with Crippen molar-refractivity contribution in [2.75, 3.05) is 18.4 Å². The van der Waals surface area contributed by atoms with Crippen LogP contribution < -0.4 is 10.6 Å². The molecular formula is C19H18N4O3. The molecule has 2 aliphatic rings. The number of nitrogens with one attached hydrogen (secondary N) is 2. The SMILES string of the molecule is C[C@]12CN(C(=O)c3cccnc3)C[C@H]1C(=O)Nc1ccccc1C(=O)N2. The van der Waals surface area contributed by atoms with Crippen LogP contribution in [0.5, 0.6) is 0 Å². The predicted octanol–water partition coefficient (Wildman–Crippen LogP) is 1.29. The van der Waals surface area contributed by atoms with Gasteiger partial charge < -0.3 is 15.5 Å². The van der Waals surface area contributed by atoms with Crippen LogP contribution in [0.3, 0.4) is 0 Å². The van der Waals surface area contributed by atoms with E-state index in [2.05, 4.69) is 15.6 Å². The fraction of sp³-hybridized carbons (Fsp3) is 0.263. The highest BCUT2D eigenvalue weighted by molar-refractivity contribution is 6.07. The van der Waals surface area contributed by atoms with Gasteiger partial charge in [-0.25, -0.2) is 0 Å². The van der Waals surface area contributed by atoms with Crippen LogP contribution in [0, 0.1) is 5.92 Å². The Morgan fingerprint density at radius 1 is 1.23 bits per heavy atom. The van der Waals surface area contributed by atoms with E-state index in [1.807, 2.05) is 0 Å². The molecule has 0 spiro atoms. The number of nitrogens with zero attached hydrogens (tertiary/aromatic N) is 2. The molecule has 1 aromatic heterocycles. The topological polar surface area (TPSA) is 91.4 Å². The zero-order valence-corrected chi connectivity index (χ0v) is 14.2. The maximum Gasteiger partial charge on any atom is 0.255 e. The molecule has 0 radical (unpaired) electrons. The van der Waals surface area contributed by atoms with Crippen molar-refractivity contribution in [3.63, 3.8) is 0 Å². The van der Waals surface area contributed by atoms with Gasteiger partial charge in [0.2, 0.25) is 5.91 Å². The number of carbonyl (C=O) groups excluding carboxylic acids is 3. The molecule has 1 saturated heterocycles. The summed E-state index contributed by atoms with van der Waals surface area (Å²) in [5.74, 6) is -1.21. The Bertz CT molecular complexity index is 899. The molecule has 2 atom stereocenters. The highest BCUT2D eigenvalue weighted by Crippen LogP contribution is 2.32. The quantitative estimate of drug-likeness (QED) is 0.811. The van der Waals surface area contributed by atoms with E-state index in [0.29, 0.717) is 16.8 Å². The lowest BCUT2D eigenvalue weighted by molar-refractivity contribution is -0.120. The number of amides is 3. The molecule has 3 amide bonds. The zero-order valence-electron chi connectivity index (χ0n) is 14.2. The number of hydrogen-bond acceptors (Lipinski definition) is 4. The maximum atomic E-state index is 12.8. The monoisotopic (exact) mass is 350 g/mol. The number of aromatic nitrogens is 1. The lowest BCUT2D eigenvalue weighted by Crippen LogP contribution is -2.56. The van der Waals surface area contributed by atoms with Crippen molar-refractivity contribution in [2.24, 2.45) is 5.92 Å². The summed E-state index contributed by atoms with van der Waals surface area (Å²) < 4.78 is 0. The summed E-state index contributed by atoms with van der Waals surface area (Å²) >= 11 is 0. The van der Waals surface area contributed by atoms with Crippen molar-refractivity contribution in [3.05, 3.63) is 59.9 Å². The Labute approximate surface area is 150 Å². The minimum atomic E-state index is -0.841. The van der Waals surface area contributed by atoms with Gasteiger partial charge in [-0.1, -0.05) is 12.1 Å². The number of para-hydroxylation sites is 1. The molecule has 4 rings (SSSR count). The van der Waals surface area contributed by atoms with Crippen molar-refractivity contribution >= 4 is 23.4 Å². The summed E-state index contributed by atoms with van der Waals surface area (Å²) in [6.45, 7) is 2.30. The largest absolute Gasteiger partial charge is 0.344 e. The first-order chi connectivity index (χ1) is 12.5. The average Bonchev–Trinajstić information content (AvgIpc) is 2.98. The summed E-state index contributed by atoms with van der Waals surface area (Å²) in [4.78, 5) is 43.8. The van der Waals surface area contributed by atoms with Crippen molar-refractivity contribution in [2.45, 2.75) is 12.5 Å². The number of pyridine rings is 1. The average molecular weight is 350 g/mol. The first kappa shape index (κ1) is 16.3. The fourth-order valence-corrected chi connectivity index (χ4v) is 3.66. The molecule has 7 heteroatoms. The van der Waals surface area contributed by atoms with Crippen molar-refractivity contribution < 1.29 is 14.4 Å². The Kier molecular flexibility index (Phi) is 3.72. The van der Waals surface area contributed by atoms with Gasteiger partial charge in [0.25, 0.3) is 11.8 Å². The molecule has 26 heavy (non-hydrogen) atoms. The van der Waals surface area contributed by atoms with Crippen LogP contribution in [0.1, 0.15) is 27.6 Å². The number of rotatable bonds is 1. The summed E-state index contributed by atoms with van der Waals surface area (Å²) in [5, 5.41) is 5.81. The summed E-state index contributed by atoms with van der Waals surface area (Å²) in [6.07, 6.45) is 3.10. The van der Waals surface area contributed by atoms with E-state index in [9.17, 15) is 14.4 Å². The molecule has 0 saturated carbocycles. The van der Waals surface area contributed by atoms with E-state index in [1.54, 1.807) is 54.4 Å². The van der Waals surface area contributed by atoms with Crippen LogP contribution in [-0.2, 0) is 4.79 Å². The first-order valence-electron chi connectivity index (χ1n) is 8.40. The van der Waals surface area contributed by atoms with Gasteiger partial charge in [-0.3, -0.25) is 19.4 Å². The van der Waals surface area contributed by atoms with Gasteiger partial charge in [-0.2, -0.15) is 0 Å². The third-order valence-electron chi connectivity index (χ3n) is 5.03. The molecule has 0 aliphatic carbocycles. The molecular weight excluding hydrogens is 332 g/mol. The maximum absolute atomic E-state index is 12.8. The third kappa shape index (κ3) is 2.61. The van der Waals surface area contributed by atoms with E-state index in [4.69, 9.17) is 0 Å². The van der Waals surface area contributed by atoms with E-state index >= 15 is 0 Å². The molecule has 0 bridgehead atoms. The minimum Gasteiger partial charge on any atom is -0.344 e. The van der Waals surface area contributed by atoms with E-state index < -0.39 is 11.5 Å². The van der Waals surface area contributed by atoms with Crippen molar-refractivity contribution in [1.29, 1.82) is 0 Å². The van der Waals surface area contributed by atoms with Crippen LogP contribution in [0.15, 0.2) is 48.8 Å². The lowest BCUT2D eigenvalue weighted by Gasteiger charge is -2.33. The third-order valence-corrected chi connectivity index (χ3v) is 5.03. The number of carbonyl (C=O) groups is 3. The van der Waals surface area contributed by atoms with Crippen LogP contribution in [0.25, 0.3) is 0 Å². The van der Waals surface area contributed by atoms with Gasteiger partial charge in [0.05, 0.1) is 28.3 Å². The molecule has 1 fully saturated rings. The van der Waals surface area contributed by atoms with Crippen LogP contribution >= 0.6 is 0 Å². The number of benzene rings is 1. The van der Waals surface area contributed by atoms with Crippen LogP contribution in [0.4, 0.5) is 5.69 Å². The lowest BCUT2D eigenvalue weighted by atomic mass is 9.86. The number of likely N-dealkylation sites (tertiary alicyclic amines) is 1. The second-order valence-electron chi connectivity index (χ2n) is 6.89.